The van der Waals surface area contributed by atoms with Crippen molar-refractivity contribution in [1.82, 2.24) is 14.9 Å². The van der Waals surface area contributed by atoms with Crippen molar-refractivity contribution in [2.45, 2.75) is 25.8 Å². The van der Waals surface area contributed by atoms with Gasteiger partial charge in [-0.3, -0.25) is 9.59 Å². The minimum Gasteiger partial charge on any atom is -0.481 e. The third kappa shape index (κ3) is 3.09. The molecule has 2 N–H and O–H groups in total. The number of aliphatic carboxylic acids is 1. The summed E-state index contributed by atoms with van der Waals surface area (Å²) in [6, 6.07) is 0. The van der Waals surface area contributed by atoms with Gasteiger partial charge in [0.05, 0.1) is 12.2 Å². The molecule has 1 saturated carbocycles. The number of carboxylic acid groups (broad SMARTS) is 1. The third-order valence-electron chi connectivity index (χ3n) is 3.38. The Morgan fingerprint density at radius 1 is 1.39 bits per heavy atom. The summed E-state index contributed by atoms with van der Waals surface area (Å²) in [5, 5.41) is 11.7. The number of hydrogen-bond donors (Lipinski definition) is 2. The summed E-state index contributed by atoms with van der Waals surface area (Å²) < 4.78 is 1.88. The molecule has 0 aliphatic heterocycles. The van der Waals surface area contributed by atoms with E-state index in [9.17, 15) is 9.59 Å². The maximum Gasteiger partial charge on any atom is 0.306 e. The summed E-state index contributed by atoms with van der Waals surface area (Å²) in [5.41, 5.74) is 0. The van der Waals surface area contributed by atoms with Gasteiger partial charge in [-0.05, 0) is 19.3 Å². The first-order valence-corrected chi connectivity index (χ1v) is 6.13. The molecule has 2 atom stereocenters. The van der Waals surface area contributed by atoms with Crippen LogP contribution in [0.4, 0.5) is 0 Å². The van der Waals surface area contributed by atoms with Crippen molar-refractivity contribution in [3.8, 4) is 0 Å². The lowest BCUT2D eigenvalue weighted by atomic mass is 10.0. The first-order chi connectivity index (χ1) is 8.66. The SMILES string of the molecule is O=C(O)[C@H]1CC[C@@H](C(=O)NCCn2ccnc2)C1. The Morgan fingerprint density at radius 3 is 2.78 bits per heavy atom. The molecule has 1 fully saturated rings. The topological polar surface area (TPSA) is 84.2 Å². The number of carbonyl (C=O) groups is 2. The fraction of sp³-hybridized carbons (Fsp3) is 0.583. The molecule has 1 aliphatic rings. The lowest BCUT2D eigenvalue weighted by Gasteiger charge is -2.10. The predicted molar refractivity (Wildman–Crippen MR) is 63.7 cm³/mol. The van der Waals surface area contributed by atoms with Crippen molar-refractivity contribution in [2.75, 3.05) is 6.54 Å². The summed E-state index contributed by atoms with van der Waals surface area (Å²) >= 11 is 0. The number of carboxylic acids is 1. The zero-order chi connectivity index (χ0) is 13.0. The van der Waals surface area contributed by atoms with E-state index in [1.807, 2.05) is 10.8 Å². The smallest absolute Gasteiger partial charge is 0.306 e. The van der Waals surface area contributed by atoms with Crippen LogP contribution in [0, 0.1) is 11.8 Å². The number of aromatic nitrogens is 2. The van der Waals surface area contributed by atoms with E-state index in [-0.39, 0.29) is 17.7 Å². The highest BCUT2D eigenvalue weighted by atomic mass is 16.4. The molecule has 1 heterocycles. The van der Waals surface area contributed by atoms with Gasteiger partial charge >= 0.3 is 5.97 Å². The molecule has 1 amide bonds. The first kappa shape index (κ1) is 12.6. The van der Waals surface area contributed by atoms with Crippen molar-refractivity contribution in [1.29, 1.82) is 0 Å². The number of nitrogens with zero attached hydrogens (tertiary/aromatic N) is 2. The predicted octanol–water partition coefficient (Wildman–Crippen LogP) is 0.500. The van der Waals surface area contributed by atoms with Crippen LogP contribution >= 0.6 is 0 Å². The lowest BCUT2D eigenvalue weighted by molar-refractivity contribution is -0.141. The highest BCUT2D eigenvalue weighted by Gasteiger charge is 2.33. The minimum absolute atomic E-state index is 0.0288. The summed E-state index contributed by atoms with van der Waals surface area (Å²) in [7, 11) is 0. The van der Waals surface area contributed by atoms with Crippen LogP contribution in [0.3, 0.4) is 0 Å². The maximum absolute atomic E-state index is 11.8. The molecular formula is C12H17N3O3. The van der Waals surface area contributed by atoms with E-state index in [4.69, 9.17) is 5.11 Å². The second-order valence-corrected chi connectivity index (χ2v) is 4.64. The Labute approximate surface area is 105 Å². The molecule has 98 valence electrons. The monoisotopic (exact) mass is 251 g/mol. The van der Waals surface area contributed by atoms with E-state index in [2.05, 4.69) is 10.3 Å². The molecule has 1 aromatic rings. The van der Waals surface area contributed by atoms with Crippen LogP contribution in [-0.4, -0.2) is 33.1 Å². The average Bonchev–Trinajstić information content (AvgIpc) is 2.99. The van der Waals surface area contributed by atoms with Gasteiger partial charge in [-0.15, -0.1) is 0 Å². The van der Waals surface area contributed by atoms with Gasteiger partial charge in [0, 0.05) is 31.4 Å². The summed E-state index contributed by atoms with van der Waals surface area (Å²) in [5.74, 6) is -1.31. The van der Waals surface area contributed by atoms with Gasteiger partial charge in [0.25, 0.3) is 0 Å². The van der Waals surface area contributed by atoms with Crippen molar-refractivity contribution in [3.63, 3.8) is 0 Å². The minimum atomic E-state index is -0.788. The molecular weight excluding hydrogens is 234 g/mol. The Morgan fingerprint density at radius 2 is 2.17 bits per heavy atom. The van der Waals surface area contributed by atoms with Crippen LogP contribution in [0.2, 0.25) is 0 Å². The first-order valence-electron chi connectivity index (χ1n) is 6.13. The van der Waals surface area contributed by atoms with Gasteiger partial charge in [-0.25, -0.2) is 4.98 Å². The molecule has 0 spiro atoms. The molecule has 6 nitrogen and oxygen atoms in total. The fourth-order valence-electron chi connectivity index (χ4n) is 2.32. The van der Waals surface area contributed by atoms with Gasteiger partial charge in [0.1, 0.15) is 0 Å². The molecule has 2 rings (SSSR count). The van der Waals surface area contributed by atoms with E-state index in [0.717, 1.165) is 0 Å². The summed E-state index contributed by atoms with van der Waals surface area (Å²) in [6.07, 6.45) is 6.97. The number of amides is 1. The Balaban J connectivity index is 1.71. The lowest BCUT2D eigenvalue weighted by Crippen LogP contribution is -2.32. The molecule has 0 saturated heterocycles. The number of nitrogens with one attached hydrogen (secondary N) is 1. The van der Waals surface area contributed by atoms with Crippen LogP contribution in [0.5, 0.6) is 0 Å². The van der Waals surface area contributed by atoms with Crippen LogP contribution in [-0.2, 0) is 16.1 Å². The standard InChI is InChI=1S/C12H17N3O3/c16-11(9-1-2-10(7-9)12(17)18)14-4-6-15-5-3-13-8-15/h3,5,8-10H,1-2,4,6-7H2,(H,14,16)(H,17,18)/t9-,10+/m1/s1. The van der Waals surface area contributed by atoms with E-state index in [1.54, 1.807) is 12.5 Å². The van der Waals surface area contributed by atoms with Gasteiger partial charge in [-0.2, -0.15) is 0 Å². The molecule has 1 aliphatic carbocycles. The number of hydrogen-bond acceptors (Lipinski definition) is 3. The molecule has 0 unspecified atom stereocenters. The molecule has 1 aromatic heterocycles. The van der Waals surface area contributed by atoms with Gasteiger partial charge in [0.2, 0.25) is 5.91 Å². The van der Waals surface area contributed by atoms with E-state index < -0.39 is 5.97 Å². The third-order valence-corrected chi connectivity index (χ3v) is 3.38. The highest BCUT2D eigenvalue weighted by Crippen LogP contribution is 2.30. The molecule has 0 bridgehead atoms. The average molecular weight is 251 g/mol. The van der Waals surface area contributed by atoms with Crippen molar-refractivity contribution in [3.05, 3.63) is 18.7 Å². The van der Waals surface area contributed by atoms with Crippen molar-refractivity contribution < 1.29 is 14.7 Å². The van der Waals surface area contributed by atoms with Crippen LogP contribution < -0.4 is 5.32 Å². The van der Waals surface area contributed by atoms with Crippen molar-refractivity contribution in [2.24, 2.45) is 11.8 Å². The van der Waals surface area contributed by atoms with E-state index >= 15 is 0 Å². The van der Waals surface area contributed by atoms with Crippen LogP contribution in [0.15, 0.2) is 18.7 Å². The molecule has 0 radical (unpaired) electrons. The highest BCUT2D eigenvalue weighted by molar-refractivity contribution is 5.80. The zero-order valence-electron chi connectivity index (χ0n) is 10.1. The van der Waals surface area contributed by atoms with Gasteiger partial charge in [0.15, 0.2) is 0 Å². The number of carbonyl (C=O) groups excluding carboxylic acids is 1. The zero-order valence-corrected chi connectivity index (χ0v) is 10.1. The van der Waals surface area contributed by atoms with Gasteiger partial charge < -0.3 is 15.0 Å². The number of rotatable bonds is 5. The normalized spacial score (nSPS) is 22.9. The summed E-state index contributed by atoms with van der Waals surface area (Å²) in [6.45, 7) is 1.23. The van der Waals surface area contributed by atoms with E-state index in [1.165, 1.54) is 0 Å². The quantitative estimate of drug-likeness (QED) is 0.798. The second-order valence-electron chi connectivity index (χ2n) is 4.64. The van der Waals surface area contributed by atoms with Gasteiger partial charge in [-0.1, -0.05) is 0 Å². The number of imidazole rings is 1. The Kier molecular flexibility index (Phi) is 3.96. The molecule has 18 heavy (non-hydrogen) atoms. The van der Waals surface area contributed by atoms with Crippen molar-refractivity contribution >= 4 is 11.9 Å². The van der Waals surface area contributed by atoms with Crippen LogP contribution in [0.25, 0.3) is 0 Å². The Bertz CT molecular complexity index is 416. The molecule has 0 aromatic carbocycles. The van der Waals surface area contributed by atoms with E-state index in [0.29, 0.717) is 32.4 Å². The summed E-state index contributed by atoms with van der Waals surface area (Å²) in [4.78, 5) is 26.5. The Hall–Kier alpha value is -1.85. The second kappa shape index (κ2) is 5.66. The maximum atomic E-state index is 11.8. The fourth-order valence-corrected chi connectivity index (χ4v) is 2.32. The van der Waals surface area contributed by atoms with Crippen LogP contribution in [0.1, 0.15) is 19.3 Å². The molecule has 6 heteroatoms. The largest absolute Gasteiger partial charge is 0.481 e.